The Labute approximate surface area is 176 Å². The summed E-state index contributed by atoms with van der Waals surface area (Å²) in [4.78, 5) is 24.5. The summed E-state index contributed by atoms with van der Waals surface area (Å²) in [5.74, 6) is 1.40. The first-order valence-electron chi connectivity index (χ1n) is 8.73. The van der Waals surface area contributed by atoms with Crippen LogP contribution < -0.4 is 15.0 Å². The van der Waals surface area contributed by atoms with Crippen LogP contribution in [0.3, 0.4) is 0 Å². The van der Waals surface area contributed by atoms with Gasteiger partial charge in [-0.1, -0.05) is 0 Å². The number of β-amino-alcohol motifs (C(OH)–C–C–N with tert-alkyl or cyclic N) is 1. The second-order valence-electron chi connectivity index (χ2n) is 6.28. The highest BCUT2D eigenvalue weighted by molar-refractivity contribution is 5.97. The SMILES string of the molecule is Cc1nc(NCCN2CCOCC2)c2c(n1)N(CC(O)CO)C(=O)CO2.Cl.Cl. The van der Waals surface area contributed by atoms with Crippen molar-refractivity contribution in [1.29, 1.82) is 0 Å². The molecule has 0 bridgehead atoms. The maximum Gasteiger partial charge on any atom is 0.266 e. The molecule has 1 aromatic heterocycles. The average Bonchev–Trinajstić information content (AvgIpc) is 2.64. The lowest BCUT2D eigenvalue weighted by Crippen LogP contribution is -2.45. The van der Waals surface area contributed by atoms with E-state index < -0.39 is 12.7 Å². The number of aliphatic hydroxyl groups is 2. The smallest absolute Gasteiger partial charge is 0.266 e. The summed E-state index contributed by atoms with van der Waals surface area (Å²) in [5.41, 5.74) is 0. The Morgan fingerprint density at radius 1 is 1.25 bits per heavy atom. The first-order valence-corrected chi connectivity index (χ1v) is 8.73. The second-order valence-corrected chi connectivity index (χ2v) is 6.28. The van der Waals surface area contributed by atoms with Crippen molar-refractivity contribution in [2.75, 3.05) is 69.4 Å². The molecule has 28 heavy (non-hydrogen) atoms. The normalized spacial score (nSPS) is 17.7. The monoisotopic (exact) mass is 439 g/mol. The number of hydrogen-bond donors (Lipinski definition) is 3. The highest BCUT2D eigenvalue weighted by Gasteiger charge is 2.31. The summed E-state index contributed by atoms with van der Waals surface area (Å²) in [5, 5.41) is 22.0. The number of amides is 1. The second kappa shape index (κ2) is 11.5. The van der Waals surface area contributed by atoms with E-state index >= 15 is 0 Å². The number of anilines is 2. The largest absolute Gasteiger partial charge is 0.476 e. The van der Waals surface area contributed by atoms with Crippen LogP contribution >= 0.6 is 24.8 Å². The molecule has 160 valence electrons. The van der Waals surface area contributed by atoms with Crippen LogP contribution in [0.5, 0.6) is 5.75 Å². The van der Waals surface area contributed by atoms with Crippen LogP contribution in [-0.2, 0) is 9.53 Å². The molecule has 10 nitrogen and oxygen atoms in total. The van der Waals surface area contributed by atoms with E-state index in [1.807, 2.05) is 0 Å². The maximum absolute atomic E-state index is 12.2. The minimum atomic E-state index is -1.04. The van der Waals surface area contributed by atoms with Gasteiger partial charge < -0.3 is 25.0 Å². The molecule has 1 saturated heterocycles. The van der Waals surface area contributed by atoms with E-state index in [0.29, 0.717) is 29.8 Å². The third-order valence-electron chi connectivity index (χ3n) is 4.28. The van der Waals surface area contributed by atoms with Crippen molar-refractivity contribution in [1.82, 2.24) is 14.9 Å². The minimum Gasteiger partial charge on any atom is -0.476 e. The van der Waals surface area contributed by atoms with Gasteiger partial charge in [0.1, 0.15) is 5.82 Å². The van der Waals surface area contributed by atoms with Crippen molar-refractivity contribution >= 4 is 42.4 Å². The molecule has 1 aromatic rings. The van der Waals surface area contributed by atoms with Gasteiger partial charge in [0.15, 0.2) is 18.2 Å². The predicted molar refractivity (Wildman–Crippen MR) is 108 cm³/mol. The number of fused-ring (bicyclic) bond motifs is 1. The third kappa shape index (κ3) is 6.03. The van der Waals surface area contributed by atoms with Gasteiger partial charge in [0, 0.05) is 26.2 Å². The van der Waals surface area contributed by atoms with Gasteiger partial charge >= 0.3 is 0 Å². The molecule has 12 heteroatoms. The van der Waals surface area contributed by atoms with Gasteiger partial charge in [-0.25, -0.2) is 9.97 Å². The maximum atomic E-state index is 12.2. The van der Waals surface area contributed by atoms with Gasteiger partial charge in [0.2, 0.25) is 5.75 Å². The number of carbonyl (C=O) groups excluding carboxylic acids is 1. The van der Waals surface area contributed by atoms with Crippen LogP contribution in [0, 0.1) is 6.92 Å². The van der Waals surface area contributed by atoms with Gasteiger partial charge in [0.05, 0.1) is 32.5 Å². The van der Waals surface area contributed by atoms with Gasteiger partial charge in [-0.3, -0.25) is 14.6 Å². The number of rotatable bonds is 7. The number of aromatic nitrogens is 2. The van der Waals surface area contributed by atoms with Crippen LogP contribution in [0.1, 0.15) is 5.82 Å². The van der Waals surface area contributed by atoms with Crippen molar-refractivity contribution in [3.63, 3.8) is 0 Å². The number of ether oxygens (including phenoxy) is 2. The topological polar surface area (TPSA) is 120 Å². The zero-order chi connectivity index (χ0) is 18.5. The summed E-state index contributed by atoms with van der Waals surface area (Å²) < 4.78 is 10.9. The Morgan fingerprint density at radius 2 is 1.96 bits per heavy atom. The fraction of sp³-hybridized carbons (Fsp3) is 0.688. The van der Waals surface area contributed by atoms with Crippen LogP contribution in [-0.4, -0.2) is 96.2 Å². The summed E-state index contributed by atoms with van der Waals surface area (Å²) >= 11 is 0. The number of morpholine rings is 1. The Hall–Kier alpha value is -1.43. The number of aliphatic hydroxyl groups excluding tert-OH is 2. The lowest BCUT2D eigenvalue weighted by Gasteiger charge is -2.31. The van der Waals surface area contributed by atoms with Crippen LogP contribution in [0.15, 0.2) is 0 Å². The minimum absolute atomic E-state index is 0. The Balaban J connectivity index is 0.00000196. The number of nitrogens with zero attached hydrogens (tertiary/aromatic N) is 4. The van der Waals surface area contributed by atoms with Crippen LogP contribution in [0.2, 0.25) is 0 Å². The number of hydrogen-bond acceptors (Lipinski definition) is 9. The summed E-state index contributed by atoms with van der Waals surface area (Å²) in [6, 6.07) is 0. The van der Waals surface area contributed by atoms with E-state index in [9.17, 15) is 9.90 Å². The molecule has 0 aliphatic carbocycles. The van der Waals surface area contributed by atoms with Crippen LogP contribution in [0.25, 0.3) is 0 Å². The lowest BCUT2D eigenvalue weighted by molar-refractivity contribution is -0.121. The number of aryl methyl sites for hydroxylation is 1. The van der Waals surface area contributed by atoms with Crippen molar-refractivity contribution in [2.24, 2.45) is 0 Å². The fourth-order valence-electron chi connectivity index (χ4n) is 2.93. The first kappa shape index (κ1) is 24.6. The molecule has 3 N–H and O–H groups in total. The molecule has 1 unspecified atom stereocenters. The number of nitrogens with one attached hydrogen (secondary N) is 1. The van der Waals surface area contributed by atoms with E-state index in [1.165, 1.54) is 4.90 Å². The average molecular weight is 440 g/mol. The summed E-state index contributed by atoms with van der Waals surface area (Å²) in [7, 11) is 0. The Morgan fingerprint density at radius 3 is 2.64 bits per heavy atom. The molecule has 0 aromatic carbocycles. The van der Waals surface area contributed by atoms with Crippen molar-refractivity contribution in [2.45, 2.75) is 13.0 Å². The van der Waals surface area contributed by atoms with Gasteiger partial charge in [-0.15, -0.1) is 24.8 Å². The van der Waals surface area contributed by atoms with Gasteiger partial charge in [-0.2, -0.15) is 0 Å². The Bertz CT molecular complexity index is 648. The molecule has 2 aliphatic heterocycles. The van der Waals surface area contributed by atoms with Crippen LogP contribution in [0.4, 0.5) is 11.6 Å². The molecular formula is C16H27Cl2N5O5. The first-order chi connectivity index (χ1) is 12.6. The van der Waals surface area contributed by atoms with Crippen molar-refractivity contribution in [3.05, 3.63) is 5.82 Å². The molecule has 1 amide bonds. The lowest BCUT2D eigenvalue weighted by atomic mass is 10.2. The standard InChI is InChI=1S/C16H25N5O5.2ClH/c1-11-18-15(17-2-3-20-4-6-25-7-5-20)14-16(19-11)21(8-12(23)9-22)13(24)10-26-14;;/h12,22-23H,2-10H2,1H3,(H,17,18,19);2*1H. The van der Waals surface area contributed by atoms with E-state index in [1.54, 1.807) is 6.92 Å². The highest BCUT2D eigenvalue weighted by atomic mass is 35.5. The van der Waals surface area contributed by atoms with E-state index in [-0.39, 0.29) is 43.9 Å². The molecule has 1 atom stereocenters. The quantitative estimate of drug-likeness (QED) is 0.513. The summed E-state index contributed by atoms with van der Waals surface area (Å²) in [6.45, 7) is 5.89. The highest BCUT2D eigenvalue weighted by Crippen LogP contribution is 2.36. The molecule has 0 saturated carbocycles. The van der Waals surface area contributed by atoms with Crippen molar-refractivity contribution < 1.29 is 24.5 Å². The summed E-state index contributed by atoms with van der Waals surface area (Å²) in [6.07, 6.45) is -1.04. The third-order valence-corrected chi connectivity index (χ3v) is 4.28. The molecule has 1 fully saturated rings. The molecule has 0 radical (unpaired) electrons. The van der Waals surface area contributed by atoms with Crippen molar-refractivity contribution in [3.8, 4) is 5.75 Å². The Kier molecular flexibility index (Phi) is 10.1. The number of carbonyl (C=O) groups is 1. The number of halogens is 2. The fourth-order valence-corrected chi connectivity index (χ4v) is 2.93. The molecule has 3 rings (SSSR count). The van der Waals surface area contributed by atoms with E-state index in [0.717, 1.165) is 32.8 Å². The molecular weight excluding hydrogens is 413 g/mol. The predicted octanol–water partition coefficient (Wildman–Crippen LogP) is -0.549. The molecule has 3 heterocycles. The molecule has 0 spiro atoms. The molecule has 2 aliphatic rings. The zero-order valence-corrected chi connectivity index (χ0v) is 17.3. The van der Waals surface area contributed by atoms with Gasteiger partial charge in [-0.05, 0) is 6.92 Å². The zero-order valence-electron chi connectivity index (χ0n) is 15.7. The van der Waals surface area contributed by atoms with E-state index in [2.05, 4.69) is 20.2 Å². The van der Waals surface area contributed by atoms with Gasteiger partial charge in [0.25, 0.3) is 5.91 Å². The van der Waals surface area contributed by atoms with E-state index in [4.69, 9.17) is 14.6 Å².